The molecule has 1 aliphatic rings. The van der Waals surface area contributed by atoms with Crippen LogP contribution in [0.1, 0.15) is 32.3 Å². The highest BCUT2D eigenvalue weighted by molar-refractivity contribution is 5.78. The third-order valence-corrected chi connectivity index (χ3v) is 4.98. The number of benzene rings is 1. The molecule has 154 valence electrons. The fourth-order valence-electron chi connectivity index (χ4n) is 3.48. The Balaban J connectivity index is 1.87. The molecule has 1 N–H and O–H groups in total. The summed E-state index contributed by atoms with van der Waals surface area (Å²) in [6.07, 6.45) is 5.45. The number of likely N-dealkylation sites (tertiary alicyclic amines) is 1. The highest BCUT2D eigenvalue weighted by Gasteiger charge is 2.27. The molecular formula is C21H30N2O5. The van der Waals surface area contributed by atoms with Crippen molar-refractivity contribution in [1.29, 1.82) is 0 Å². The summed E-state index contributed by atoms with van der Waals surface area (Å²) in [5.41, 5.74) is 1.00. The van der Waals surface area contributed by atoms with Crippen molar-refractivity contribution in [1.82, 2.24) is 9.80 Å². The molecule has 1 aromatic rings. The minimum absolute atomic E-state index is 0.0429. The number of aliphatic carboxylic acids is 1. The quantitative estimate of drug-likeness (QED) is 0.698. The van der Waals surface area contributed by atoms with E-state index in [-0.39, 0.29) is 25.1 Å². The SMILES string of the molecule is C/C=C/c1ccc(OCC(=O)N2CCC(N(CC)CC(=O)O)CC2)c(OC)c1. The molecule has 1 aromatic carbocycles. The van der Waals surface area contributed by atoms with Gasteiger partial charge in [-0.15, -0.1) is 0 Å². The fourth-order valence-corrected chi connectivity index (χ4v) is 3.48. The molecular weight excluding hydrogens is 360 g/mol. The van der Waals surface area contributed by atoms with Crippen molar-refractivity contribution in [3.8, 4) is 11.5 Å². The number of rotatable bonds is 9. The smallest absolute Gasteiger partial charge is 0.317 e. The zero-order valence-corrected chi connectivity index (χ0v) is 16.9. The van der Waals surface area contributed by atoms with E-state index in [0.29, 0.717) is 31.1 Å². The Kier molecular flexibility index (Phi) is 8.32. The number of hydrogen-bond acceptors (Lipinski definition) is 5. The Morgan fingerprint density at radius 2 is 2.00 bits per heavy atom. The zero-order valence-electron chi connectivity index (χ0n) is 16.9. The molecule has 1 aliphatic heterocycles. The van der Waals surface area contributed by atoms with E-state index in [1.165, 1.54) is 0 Å². The number of methoxy groups -OCH3 is 1. The lowest BCUT2D eigenvalue weighted by molar-refractivity contribution is -0.140. The summed E-state index contributed by atoms with van der Waals surface area (Å²) < 4.78 is 11.1. The van der Waals surface area contributed by atoms with Crippen molar-refractivity contribution in [3.63, 3.8) is 0 Å². The minimum atomic E-state index is -0.817. The van der Waals surface area contributed by atoms with Gasteiger partial charge in [0.1, 0.15) is 0 Å². The van der Waals surface area contributed by atoms with Gasteiger partial charge in [-0.25, -0.2) is 0 Å². The first-order valence-corrected chi connectivity index (χ1v) is 9.65. The molecule has 0 aromatic heterocycles. The Labute approximate surface area is 166 Å². The van der Waals surface area contributed by atoms with E-state index in [9.17, 15) is 9.59 Å². The van der Waals surface area contributed by atoms with Crippen LogP contribution in [0.3, 0.4) is 0 Å². The van der Waals surface area contributed by atoms with Gasteiger partial charge in [0.25, 0.3) is 5.91 Å². The molecule has 7 nitrogen and oxygen atoms in total. The molecule has 2 rings (SSSR count). The maximum Gasteiger partial charge on any atom is 0.317 e. The summed E-state index contributed by atoms with van der Waals surface area (Å²) >= 11 is 0. The van der Waals surface area contributed by atoms with Gasteiger partial charge in [0.05, 0.1) is 13.7 Å². The van der Waals surface area contributed by atoms with Gasteiger partial charge in [-0.3, -0.25) is 14.5 Å². The van der Waals surface area contributed by atoms with Gasteiger partial charge < -0.3 is 19.5 Å². The van der Waals surface area contributed by atoms with Crippen LogP contribution in [-0.4, -0.2) is 72.7 Å². The number of hydrogen-bond donors (Lipinski definition) is 1. The van der Waals surface area contributed by atoms with Crippen LogP contribution in [0.5, 0.6) is 11.5 Å². The summed E-state index contributed by atoms with van der Waals surface area (Å²) in [6.45, 7) is 5.82. The molecule has 1 amide bonds. The molecule has 0 radical (unpaired) electrons. The number of carbonyl (C=O) groups is 2. The van der Waals surface area contributed by atoms with E-state index in [1.807, 2.05) is 43.0 Å². The standard InChI is InChI=1S/C21H30N2O5/c1-4-6-16-7-8-18(19(13-16)27-3)28-15-20(24)23-11-9-17(10-12-23)22(5-2)14-21(25)26/h4,6-8,13,17H,5,9-12,14-15H2,1-3H3,(H,25,26)/b6-4+. The molecule has 0 atom stereocenters. The first-order chi connectivity index (χ1) is 13.5. The van der Waals surface area contributed by atoms with Gasteiger partial charge in [0.2, 0.25) is 0 Å². The number of carboxylic acid groups (broad SMARTS) is 1. The average Bonchev–Trinajstić information content (AvgIpc) is 2.70. The van der Waals surface area contributed by atoms with E-state index >= 15 is 0 Å². The number of allylic oxidation sites excluding steroid dienone is 1. The van der Waals surface area contributed by atoms with Gasteiger partial charge >= 0.3 is 5.97 Å². The molecule has 1 fully saturated rings. The Morgan fingerprint density at radius 3 is 2.57 bits per heavy atom. The number of carboxylic acids is 1. The summed E-state index contributed by atoms with van der Waals surface area (Å²) in [5, 5.41) is 9.02. The van der Waals surface area contributed by atoms with Crippen molar-refractivity contribution in [2.75, 3.05) is 39.9 Å². The number of carbonyl (C=O) groups excluding carboxylic acids is 1. The lowest BCUT2D eigenvalue weighted by atomic mass is 10.0. The van der Waals surface area contributed by atoms with Crippen LogP contribution in [0.2, 0.25) is 0 Å². The Hall–Kier alpha value is -2.54. The molecule has 0 aliphatic carbocycles. The maximum atomic E-state index is 12.5. The second-order valence-electron chi connectivity index (χ2n) is 6.77. The second kappa shape index (κ2) is 10.7. The number of amides is 1. The van der Waals surface area contributed by atoms with Crippen LogP contribution in [0.25, 0.3) is 6.08 Å². The molecule has 0 spiro atoms. The van der Waals surface area contributed by atoms with Crippen molar-refractivity contribution < 1.29 is 24.2 Å². The Morgan fingerprint density at radius 1 is 1.29 bits per heavy atom. The zero-order chi connectivity index (χ0) is 20.5. The molecule has 1 heterocycles. The van der Waals surface area contributed by atoms with Crippen LogP contribution in [0.4, 0.5) is 0 Å². The first kappa shape index (κ1) is 21.8. The predicted molar refractivity (Wildman–Crippen MR) is 108 cm³/mol. The van der Waals surface area contributed by atoms with Crippen LogP contribution < -0.4 is 9.47 Å². The van der Waals surface area contributed by atoms with Crippen LogP contribution in [-0.2, 0) is 9.59 Å². The van der Waals surface area contributed by atoms with Crippen LogP contribution in [0, 0.1) is 0 Å². The van der Waals surface area contributed by atoms with Crippen LogP contribution in [0.15, 0.2) is 24.3 Å². The van der Waals surface area contributed by atoms with E-state index in [4.69, 9.17) is 14.6 Å². The van der Waals surface area contributed by atoms with E-state index < -0.39 is 5.97 Å². The minimum Gasteiger partial charge on any atom is -0.493 e. The molecule has 0 bridgehead atoms. The number of likely N-dealkylation sites (N-methyl/N-ethyl adjacent to an activating group) is 1. The second-order valence-corrected chi connectivity index (χ2v) is 6.77. The number of piperidine rings is 1. The van der Waals surface area contributed by atoms with E-state index in [1.54, 1.807) is 18.1 Å². The largest absolute Gasteiger partial charge is 0.493 e. The van der Waals surface area contributed by atoms with Gasteiger partial charge in [0, 0.05) is 19.1 Å². The lowest BCUT2D eigenvalue weighted by Crippen LogP contribution is -2.49. The van der Waals surface area contributed by atoms with Crippen molar-refractivity contribution in [2.24, 2.45) is 0 Å². The lowest BCUT2D eigenvalue weighted by Gasteiger charge is -2.37. The fraction of sp³-hybridized carbons (Fsp3) is 0.524. The summed E-state index contributed by atoms with van der Waals surface area (Å²) in [4.78, 5) is 27.2. The number of ether oxygens (including phenoxy) is 2. The third kappa shape index (κ3) is 5.99. The summed E-state index contributed by atoms with van der Waals surface area (Å²) in [5.74, 6) is 0.245. The average molecular weight is 390 g/mol. The highest BCUT2D eigenvalue weighted by atomic mass is 16.5. The normalized spacial score (nSPS) is 15.2. The predicted octanol–water partition coefficient (Wildman–Crippen LogP) is 2.50. The highest BCUT2D eigenvalue weighted by Crippen LogP contribution is 2.28. The molecule has 0 saturated carbocycles. The molecule has 28 heavy (non-hydrogen) atoms. The third-order valence-electron chi connectivity index (χ3n) is 4.98. The van der Waals surface area contributed by atoms with E-state index in [2.05, 4.69) is 0 Å². The molecule has 1 saturated heterocycles. The van der Waals surface area contributed by atoms with Gasteiger partial charge in [-0.2, -0.15) is 0 Å². The van der Waals surface area contributed by atoms with E-state index in [0.717, 1.165) is 18.4 Å². The van der Waals surface area contributed by atoms with Gasteiger partial charge in [-0.1, -0.05) is 25.1 Å². The van der Waals surface area contributed by atoms with Crippen molar-refractivity contribution >= 4 is 18.0 Å². The summed E-state index contributed by atoms with van der Waals surface area (Å²) in [7, 11) is 1.57. The van der Waals surface area contributed by atoms with Gasteiger partial charge in [-0.05, 0) is 44.0 Å². The summed E-state index contributed by atoms with van der Waals surface area (Å²) in [6, 6.07) is 5.78. The molecule has 7 heteroatoms. The van der Waals surface area contributed by atoms with Gasteiger partial charge in [0.15, 0.2) is 18.1 Å². The monoisotopic (exact) mass is 390 g/mol. The number of nitrogens with zero attached hydrogens (tertiary/aromatic N) is 2. The van der Waals surface area contributed by atoms with Crippen molar-refractivity contribution in [2.45, 2.75) is 32.7 Å². The maximum absolute atomic E-state index is 12.5. The topological polar surface area (TPSA) is 79.3 Å². The van der Waals surface area contributed by atoms with Crippen LogP contribution >= 0.6 is 0 Å². The first-order valence-electron chi connectivity index (χ1n) is 9.65. The Bertz CT molecular complexity index is 696. The van der Waals surface area contributed by atoms with Crippen molar-refractivity contribution in [3.05, 3.63) is 29.8 Å². The molecule has 0 unspecified atom stereocenters.